The molecule has 0 spiro atoms. The largest absolute Gasteiger partial charge is 0.386 e. The van der Waals surface area contributed by atoms with Gasteiger partial charge in [0.1, 0.15) is 5.82 Å². The summed E-state index contributed by atoms with van der Waals surface area (Å²) in [5, 5.41) is 12.9. The number of ether oxygens (including phenoxy) is 1. The molecule has 0 radical (unpaired) electrons. The van der Waals surface area contributed by atoms with Gasteiger partial charge in [-0.05, 0) is 25.3 Å². The molecule has 0 aliphatic heterocycles. The van der Waals surface area contributed by atoms with Crippen molar-refractivity contribution in [1.29, 1.82) is 0 Å². The molecule has 1 aliphatic carbocycles. The molecule has 1 fully saturated rings. The molecular formula is C17H24FNO3. The van der Waals surface area contributed by atoms with Gasteiger partial charge in [-0.3, -0.25) is 4.79 Å². The minimum absolute atomic E-state index is 0.0223. The number of hydrogen-bond acceptors (Lipinski definition) is 3. The standard InChI is InChI=1S/C17H24FNO3/c1-22-11-10-17(8-4-5-9-17)16(21)19-12-15(20)13-6-2-3-7-14(13)18/h2-3,6-7,15,20H,4-5,8-12H2,1H3,(H,19,21). The third-order valence-electron chi connectivity index (χ3n) is 4.55. The molecule has 1 unspecified atom stereocenters. The summed E-state index contributed by atoms with van der Waals surface area (Å²) in [6.45, 7) is 0.567. The number of halogens is 1. The third-order valence-corrected chi connectivity index (χ3v) is 4.55. The lowest BCUT2D eigenvalue weighted by Crippen LogP contribution is -2.41. The van der Waals surface area contributed by atoms with Crippen molar-refractivity contribution in [1.82, 2.24) is 5.32 Å². The number of hydrogen-bond donors (Lipinski definition) is 2. The fraction of sp³-hybridized carbons (Fsp3) is 0.588. The highest BCUT2D eigenvalue weighted by Gasteiger charge is 2.40. The van der Waals surface area contributed by atoms with E-state index in [1.165, 1.54) is 12.1 Å². The first-order chi connectivity index (χ1) is 10.6. The fourth-order valence-corrected chi connectivity index (χ4v) is 3.17. The Bertz CT molecular complexity index is 500. The number of benzene rings is 1. The monoisotopic (exact) mass is 309 g/mol. The number of carbonyl (C=O) groups is 1. The van der Waals surface area contributed by atoms with Crippen LogP contribution in [0.25, 0.3) is 0 Å². The average Bonchev–Trinajstić information content (AvgIpc) is 3.01. The second-order valence-electron chi connectivity index (χ2n) is 5.98. The Morgan fingerprint density at radius 1 is 1.41 bits per heavy atom. The van der Waals surface area contributed by atoms with Crippen LogP contribution in [0, 0.1) is 11.2 Å². The van der Waals surface area contributed by atoms with E-state index in [1.54, 1.807) is 19.2 Å². The topological polar surface area (TPSA) is 58.6 Å². The van der Waals surface area contributed by atoms with E-state index in [0.717, 1.165) is 25.7 Å². The maximum absolute atomic E-state index is 13.6. The zero-order valence-corrected chi connectivity index (χ0v) is 13.0. The molecule has 1 amide bonds. The van der Waals surface area contributed by atoms with Crippen molar-refractivity contribution in [3.63, 3.8) is 0 Å². The first-order valence-electron chi connectivity index (χ1n) is 7.79. The van der Waals surface area contributed by atoms with E-state index < -0.39 is 17.3 Å². The Morgan fingerprint density at radius 3 is 2.73 bits per heavy atom. The zero-order chi connectivity index (χ0) is 16.0. The highest BCUT2D eigenvalue weighted by Crippen LogP contribution is 2.41. The van der Waals surface area contributed by atoms with E-state index in [1.807, 2.05) is 0 Å². The summed E-state index contributed by atoms with van der Waals surface area (Å²) in [5.74, 6) is -0.517. The van der Waals surface area contributed by atoms with Crippen molar-refractivity contribution in [3.8, 4) is 0 Å². The summed E-state index contributed by atoms with van der Waals surface area (Å²) < 4.78 is 18.7. The van der Waals surface area contributed by atoms with Crippen LogP contribution < -0.4 is 5.32 Å². The van der Waals surface area contributed by atoms with Crippen LogP contribution in [-0.2, 0) is 9.53 Å². The van der Waals surface area contributed by atoms with Gasteiger partial charge in [-0.2, -0.15) is 0 Å². The molecule has 0 aromatic heterocycles. The second kappa shape index (κ2) is 7.70. The number of amides is 1. The van der Waals surface area contributed by atoms with Crippen LogP contribution in [0.5, 0.6) is 0 Å². The van der Waals surface area contributed by atoms with Crippen LogP contribution in [0.1, 0.15) is 43.8 Å². The van der Waals surface area contributed by atoms with Gasteiger partial charge in [0, 0.05) is 25.8 Å². The first-order valence-corrected chi connectivity index (χ1v) is 7.79. The summed E-state index contributed by atoms with van der Waals surface area (Å²) in [6.07, 6.45) is 3.41. The second-order valence-corrected chi connectivity index (χ2v) is 5.98. The SMILES string of the molecule is COCCC1(C(=O)NCC(O)c2ccccc2F)CCCC1. The summed E-state index contributed by atoms with van der Waals surface area (Å²) in [5.41, 5.74) is -0.189. The molecule has 1 aromatic carbocycles. The lowest BCUT2D eigenvalue weighted by Gasteiger charge is -2.28. The average molecular weight is 309 g/mol. The normalized spacial score (nSPS) is 18.1. The number of rotatable bonds is 7. The van der Waals surface area contributed by atoms with Gasteiger partial charge in [0.05, 0.1) is 11.5 Å². The van der Waals surface area contributed by atoms with Crippen LogP contribution in [0.4, 0.5) is 4.39 Å². The number of aliphatic hydroxyl groups is 1. The van der Waals surface area contributed by atoms with E-state index in [0.29, 0.717) is 13.0 Å². The minimum atomic E-state index is -1.04. The predicted octanol–water partition coefficient (Wildman–Crippen LogP) is 2.57. The zero-order valence-electron chi connectivity index (χ0n) is 13.0. The quantitative estimate of drug-likeness (QED) is 0.814. The van der Waals surface area contributed by atoms with Crippen molar-refractivity contribution in [2.75, 3.05) is 20.3 Å². The van der Waals surface area contributed by atoms with Crippen molar-refractivity contribution in [2.45, 2.75) is 38.2 Å². The van der Waals surface area contributed by atoms with Gasteiger partial charge in [-0.15, -0.1) is 0 Å². The highest BCUT2D eigenvalue weighted by molar-refractivity contribution is 5.83. The van der Waals surface area contributed by atoms with E-state index in [-0.39, 0.29) is 18.0 Å². The summed E-state index contributed by atoms with van der Waals surface area (Å²) in [7, 11) is 1.63. The van der Waals surface area contributed by atoms with Gasteiger partial charge >= 0.3 is 0 Å². The van der Waals surface area contributed by atoms with Gasteiger partial charge in [-0.1, -0.05) is 31.0 Å². The smallest absolute Gasteiger partial charge is 0.226 e. The van der Waals surface area contributed by atoms with Crippen LogP contribution in [-0.4, -0.2) is 31.3 Å². The Hall–Kier alpha value is -1.46. The molecule has 22 heavy (non-hydrogen) atoms. The van der Waals surface area contributed by atoms with Crippen LogP contribution >= 0.6 is 0 Å². The lowest BCUT2D eigenvalue weighted by atomic mass is 9.82. The molecule has 0 heterocycles. The van der Waals surface area contributed by atoms with Gasteiger partial charge in [-0.25, -0.2) is 4.39 Å². The first kappa shape index (κ1) is 16.9. The molecule has 1 aliphatic rings. The van der Waals surface area contributed by atoms with Crippen LogP contribution in [0.3, 0.4) is 0 Å². The summed E-state index contributed by atoms with van der Waals surface area (Å²) in [4.78, 5) is 12.5. The number of methoxy groups -OCH3 is 1. The number of nitrogens with one attached hydrogen (secondary N) is 1. The molecular weight excluding hydrogens is 285 g/mol. The maximum atomic E-state index is 13.6. The molecule has 5 heteroatoms. The molecule has 1 aromatic rings. The summed E-state index contributed by atoms with van der Waals surface area (Å²) in [6, 6.07) is 6.07. The fourth-order valence-electron chi connectivity index (χ4n) is 3.17. The van der Waals surface area contributed by atoms with Gasteiger partial charge in [0.15, 0.2) is 0 Å². The molecule has 0 bridgehead atoms. The van der Waals surface area contributed by atoms with Crippen molar-refractivity contribution in [3.05, 3.63) is 35.6 Å². The number of aliphatic hydroxyl groups excluding tert-OH is 1. The van der Waals surface area contributed by atoms with Crippen LogP contribution in [0.15, 0.2) is 24.3 Å². The minimum Gasteiger partial charge on any atom is -0.386 e. The molecule has 1 atom stereocenters. The molecule has 1 saturated carbocycles. The third kappa shape index (κ3) is 3.84. The van der Waals surface area contributed by atoms with Gasteiger partial charge in [0.2, 0.25) is 5.91 Å². The maximum Gasteiger partial charge on any atom is 0.226 e. The van der Waals surface area contributed by atoms with Gasteiger partial charge < -0.3 is 15.2 Å². The lowest BCUT2D eigenvalue weighted by molar-refractivity contribution is -0.132. The Balaban J connectivity index is 1.95. The molecule has 122 valence electrons. The van der Waals surface area contributed by atoms with E-state index in [2.05, 4.69) is 5.32 Å². The van der Waals surface area contributed by atoms with Gasteiger partial charge in [0.25, 0.3) is 0 Å². The van der Waals surface area contributed by atoms with Crippen LogP contribution in [0.2, 0.25) is 0 Å². The van der Waals surface area contributed by atoms with Crippen molar-refractivity contribution >= 4 is 5.91 Å². The predicted molar refractivity (Wildman–Crippen MR) is 81.8 cm³/mol. The van der Waals surface area contributed by atoms with E-state index >= 15 is 0 Å². The Kier molecular flexibility index (Phi) is 5.91. The Morgan fingerprint density at radius 2 is 2.09 bits per heavy atom. The van der Waals surface area contributed by atoms with Crippen molar-refractivity contribution in [2.24, 2.45) is 5.41 Å². The molecule has 0 saturated heterocycles. The van der Waals surface area contributed by atoms with Crippen molar-refractivity contribution < 1.29 is 19.0 Å². The van der Waals surface area contributed by atoms with E-state index in [4.69, 9.17) is 4.74 Å². The Labute approximate surface area is 130 Å². The highest BCUT2D eigenvalue weighted by atomic mass is 19.1. The number of carbonyl (C=O) groups excluding carboxylic acids is 1. The molecule has 4 nitrogen and oxygen atoms in total. The van der Waals surface area contributed by atoms with E-state index in [9.17, 15) is 14.3 Å². The molecule has 2 rings (SSSR count). The molecule has 2 N–H and O–H groups in total. The summed E-state index contributed by atoms with van der Waals surface area (Å²) >= 11 is 0.